The van der Waals surface area contributed by atoms with Crippen LogP contribution in [0.5, 0.6) is 5.75 Å². The van der Waals surface area contributed by atoms with E-state index in [1.54, 1.807) is 24.5 Å². The summed E-state index contributed by atoms with van der Waals surface area (Å²) in [5, 5.41) is 0. The average molecular weight is 296 g/mol. The van der Waals surface area contributed by atoms with Crippen LogP contribution in [0, 0.1) is 5.82 Å². The zero-order valence-corrected chi connectivity index (χ0v) is 11.5. The summed E-state index contributed by atoms with van der Waals surface area (Å²) in [6, 6.07) is 6.92. The Morgan fingerprint density at radius 1 is 1.35 bits per heavy atom. The Labute approximate surface area is 116 Å². The van der Waals surface area contributed by atoms with Gasteiger partial charge in [0, 0.05) is 18.9 Å². The predicted molar refractivity (Wildman–Crippen MR) is 71.2 cm³/mol. The summed E-state index contributed by atoms with van der Waals surface area (Å²) in [5.74, 6) is -0.729. The lowest BCUT2D eigenvalue weighted by Gasteiger charge is -2.08. The summed E-state index contributed by atoms with van der Waals surface area (Å²) in [7, 11) is -2.47. The predicted octanol–water partition coefficient (Wildman–Crippen LogP) is 1.71. The summed E-state index contributed by atoms with van der Waals surface area (Å²) in [6.45, 7) is 0.0871. The largest absolute Gasteiger partial charge is 0.494 e. The molecule has 2 aromatic rings. The minimum absolute atomic E-state index is 0.00351. The second kappa shape index (κ2) is 5.98. The Morgan fingerprint density at radius 3 is 2.75 bits per heavy atom. The first kappa shape index (κ1) is 14.4. The number of sulfonamides is 1. The average Bonchev–Trinajstić information content (AvgIpc) is 2.46. The van der Waals surface area contributed by atoms with Crippen LogP contribution in [0.2, 0.25) is 0 Å². The lowest BCUT2D eigenvalue weighted by Crippen LogP contribution is -2.23. The molecule has 0 aliphatic carbocycles. The van der Waals surface area contributed by atoms with Crippen LogP contribution in [0.1, 0.15) is 5.56 Å². The highest BCUT2D eigenvalue weighted by atomic mass is 32.2. The molecule has 5 nitrogen and oxygen atoms in total. The molecule has 0 fully saturated rings. The molecule has 1 N–H and O–H groups in total. The fourth-order valence-electron chi connectivity index (χ4n) is 1.58. The van der Waals surface area contributed by atoms with Crippen LogP contribution in [0.3, 0.4) is 0 Å². The Hall–Kier alpha value is -1.99. The summed E-state index contributed by atoms with van der Waals surface area (Å²) in [4.78, 5) is 3.73. The number of nitrogens with one attached hydrogen (secondary N) is 1. The van der Waals surface area contributed by atoms with E-state index in [1.165, 1.54) is 19.2 Å². The molecule has 0 aliphatic heterocycles. The van der Waals surface area contributed by atoms with Crippen LogP contribution in [-0.2, 0) is 16.6 Å². The molecule has 0 atom stereocenters. The molecule has 0 radical (unpaired) electrons. The van der Waals surface area contributed by atoms with E-state index in [0.717, 1.165) is 6.07 Å². The molecule has 1 aromatic carbocycles. The molecular weight excluding hydrogens is 283 g/mol. The van der Waals surface area contributed by atoms with Crippen LogP contribution in [-0.4, -0.2) is 20.5 Å². The molecule has 1 aromatic heterocycles. The van der Waals surface area contributed by atoms with Crippen LogP contribution >= 0.6 is 0 Å². The molecule has 0 saturated heterocycles. The van der Waals surface area contributed by atoms with Gasteiger partial charge >= 0.3 is 0 Å². The van der Waals surface area contributed by atoms with Crippen molar-refractivity contribution in [2.45, 2.75) is 11.4 Å². The smallest absolute Gasteiger partial charge is 0.240 e. The topological polar surface area (TPSA) is 68.3 Å². The van der Waals surface area contributed by atoms with E-state index < -0.39 is 15.8 Å². The van der Waals surface area contributed by atoms with Crippen molar-refractivity contribution in [3.05, 3.63) is 54.1 Å². The van der Waals surface area contributed by atoms with Gasteiger partial charge in [0.15, 0.2) is 11.6 Å². The fourth-order valence-corrected chi connectivity index (χ4v) is 2.61. The highest BCUT2D eigenvalue weighted by molar-refractivity contribution is 7.89. The second-order valence-electron chi connectivity index (χ2n) is 3.98. The monoisotopic (exact) mass is 296 g/mol. The Bertz CT molecular complexity index is 690. The minimum atomic E-state index is -3.78. The van der Waals surface area contributed by atoms with Gasteiger partial charge in [-0.3, -0.25) is 4.98 Å². The Balaban J connectivity index is 2.16. The molecule has 0 amide bonds. The van der Waals surface area contributed by atoms with Gasteiger partial charge in [-0.25, -0.2) is 17.5 Å². The van der Waals surface area contributed by atoms with Crippen molar-refractivity contribution >= 4 is 10.0 Å². The maximum absolute atomic E-state index is 13.5. The SMILES string of the molecule is COc1ccc(S(=O)(=O)NCc2cccnc2)cc1F. The summed E-state index contributed by atoms with van der Waals surface area (Å²) >= 11 is 0. The Kier molecular flexibility index (Phi) is 4.31. The maximum atomic E-state index is 13.5. The molecule has 0 unspecified atom stereocenters. The number of methoxy groups -OCH3 is 1. The molecule has 1 heterocycles. The third kappa shape index (κ3) is 3.31. The number of pyridine rings is 1. The number of ether oxygens (including phenoxy) is 1. The standard InChI is InChI=1S/C13H13FN2O3S/c1-19-13-5-4-11(7-12(13)14)20(17,18)16-9-10-3-2-6-15-8-10/h2-8,16H,9H2,1H3. The maximum Gasteiger partial charge on any atom is 0.240 e. The number of nitrogens with zero attached hydrogens (tertiary/aromatic N) is 1. The normalized spacial score (nSPS) is 11.3. The molecular formula is C13H13FN2O3S. The minimum Gasteiger partial charge on any atom is -0.494 e. The van der Waals surface area contributed by atoms with E-state index in [1.807, 2.05) is 0 Å². The van der Waals surface area contributed by atoms with Gasteiger partial charge in [-0.1, -0.05) is 6.07 Å². The van der Waals surface area contributed by atoms with E-state index in [0.29, 0.717) is 5.56 Å². The third-order valence-electron chi connectivity index (χ3n) is 2.62. The van der Waals surface area contributed by atoms with Crippen molar-refractivity contribution < 1.29 is 17.5 Å². The van der Waals surface area contributed by atoms with E-state index in [4.69, 9.17) is 4.74 Å². The summed E-state index contributed by atoms with van der Waals surface area (Å²) in [6.07, 6.45) is 3.15. The summed E-state index contributed by atoms with van der Waals surface area (Å²) < 4.78 is 44.7. The zero-order chi connectivity index (χ0) is 14.6. The molecule has 106 valence electrons. The van der Waals surface area contributed by atoms with E-state index in [9.17, 15) is 12.8 Å². The van der Waals surface area contributed by atoms with E-state index in [2.05, 4.69) is 9.71 Å². The highest BCUT2D eigenvalue weighted by Crippen LogP contribution is 2.20. The molecule has 0 aliphatic rings. The number of aromatic nitrogens is 1. The van der Waals surface area contributed by atoms with Gasteiger partial charge in [0.1, 0.15) is 0 Å². The molecule has 7 heteroatoms. The molecule has 0 spiro atoms. The van der Waals surface area contributed by atoms with Crippen molar-refractivity contribution in [3.63, 3.8) is 0 Å². The van der Waals surface area contributed by atoms with Crippen molar-refractivity contribution in [1.82, 2.24) is 9.71 Å². The number of halogens is 1. The van der Waals surface area contributed by atoms with Gasteiger partial charge in [0.05, 0.1) is 12.0 Å². The van der Waals surface area contributed by atoms with Crippen molar-refractivity contribution in [1.29, 1.82) is 0 Å². The zero-order valence-electron chi connectivity index (χ0n) is 10.7. The van der Waals surface area contributed by atoms with Gasteiger partial charge in [-0.2, -0.15) is 0 Å². The van der Waals surface area contributed by atoms with Crippen LogP contribution in [0.25, 0.3) is 0 Å². The first-order chi connectivity index (χ1) is 9.53. The first-order valence-corrected chi connectivity index (χ1v) is 7.23. The number of hydrogen-bond donors (Lipinski definition) is 1. The molecule has 20 heavy (non-hydrogen) atoms. The summed E-state index contributed by atoms with van der Waals surface area (Å²) in [5.41, 5.74) is 0.713. The first-order valence-electron chi connectivity index (χ1n) is 5.75. The van der Waals surface area contributed by atoms with Gasteiger partial charge in [0.25, 0.3) is 0 Å². The quantitative estimate of drug-likeness (QED) is 0.912. The van der Waals surface area contributed by atoms with Crippen molar-refractivity contribution in [3.8, 4) is 5.75 Å². The third-order valence-corrected chi connectivity index (χ3v) is 4.02. The van der Waals surface area contributed by atoms with Gasteiger partial charge in [-0.15, -0.1) is 0 Å². The van der Waals surface area contributed by atoms with Crippen LogP contribution < -0.4 is 9.46 Å². The van der Waals surface area contributed by atoms with Gasteiger partial charge in [-0.05, 0) is 29.8 Å². The fraction of sp³-hybridized carbons (Fsp3) is 0.154. The van der Waals surface area contributed by atoms with Gasteiger partial charge < -0.3 is 4.74 Å². The molecule has 0 bridgehead atoms. The van der Waals surface area contributed by atoms with Crippen LogP contribution in [0.15, 0.2) is 47.6 Å². The number of hydrogen-bond acceptors (Lipinski definition) is 4. The van der Waals surface area contributed by atoms with E-state index >= 15 is 0 Å². The van der Waals surface area contributed by atoms with E-state index in [-0.39, 0.29) is 17.2 Å². The second-order valence-corrected chi connectivity index (χ2v) is 5.75. The highest BCUT2D eigenvalue weighted by Gasteiger charge is 2.16. The van der Waals surface area contributed by atoms with Crippen molar-refractivity contribution in [2.75, 3.05) is 7.11 Å². The Morgan fingerprint density at radius 2 is 2.15 bits per heavy atom. The number of benzene rings is 1. The number of rotatable bonds is 5. The lowest BCUT2D eigenvalue weighted by molar-refractivity contribution is 0.385. The lowest BCUT2D eigenvalue weighted by atomic mass is 10.3. The van der Waals surface area contributed by atoms with Crippen LogP contribution in [0.4, 0.5) is 4.39 Å². The molecule has 0 saturated carbocycles. The van der Waals surface area contributed by atoms with Gasteiger partial charge in [0.2, 0.25) is 10.0 Å². The molecule has 2 rings (SSSR count). The van der Waals surface area contributed by atoms with Crippen molar-refractivity contribution in [2.24, 2.45) is 0 Å².